The number of hydrogen-bond acceptors (Lipinski definition) is 2. The van der Waals surface area contributed by atoms with E-state index in [4.69, 9.17) is 5.73 Å². The highest BCUT2D eigenvalue weighted by molar-refractivity contribution is 5.84. The van der Waals surface area contributed by atoms with Gasteiger partial charge in [-0.3, -0.25) is 4.79 Å². The van der Waals surface area contributed by atoms with Gasteiger partial charge in [0, 0.05) is 18.0 Å². The van der Waals surface area contributed by atoms with Crippen molar-refractivity contribution in [1.29, 1.82) is 0 Å². The predicted octanol–water partition coefficient (Wildman–Crippen LogP) is 1.03. The van der Waals surface area contributed by atoms with E-state index in [0.717, 1.165) is 32.2 Å². The number of carbonyl (C=O) groups is 1. The van der Waals surface area contributed by atoms with Crippen LogP contribution in [0.2, 0.25) is 0 Å². The third-order valence-corrected chi connectivity index (χ3v) is 3.68. The Balaban J connectivity index is 1.70. The monoisotopic (exact) mass is 196 g/mol. The number of hydrogen-bond donors (Lipinski definition) is 2. The number of carbonyl (C=O) groups excluding carboxylic acids is 1. The van der Waals surface area contributed by atoms with E-state index in [1.54, 1.807) is 0 Å². The van der Waals surface area contributed by atoms with Crippen molar-refractivity contribution in [3.8, 4) is 0 Å². The summed E-state index contributed by atoms with van der Waals surface area (Å²) in [5.74, 6) is 0.870. The lowest BCUT2D eigenvalue weighted by molar-refractivity contribution is -0.125. The van der Waals surface area contributed by atoms with Crippen LogP contribution >= 0.6 is 0 Å². The van der Waals surface area contributed by atoms with Crippen molar-refractivity contribution in [2.75, 3.05) is 6.54 Å². The molecule has 0 heterocycles. The molecule has 2 aliphatic carbocycles. The van der Waals surface area contributed by atoms with Gasteiger partial charge < -0.3 is 11.1 Å². The molecule has 2 aliphatic rings. The molecule has 0 aromatic carbocycles. The molecule has 3 N–H and O–H groups in total. The number of nitrogens with two attached hydrogens (primary N) is 1. The minimum atomic E-state index is -0.0271. The summed E-state index contributed by atoms with van der Waals surface area (Å²) in [7, 11) is 0. The molecule has 0 radical (unpaired) electrons. The number of amides is 1. The van der Waals surface area contributed by atoms with Crippen LogP contribution in [0.3, 0.4) is 0 Å². The second-order valence-electron chi connectivity index (χ2n) is 5.21. The van der Waals surface area contributed by atoms with Gasteiger partial charge in [-0.15, -0.1) is 0 Å². The molecule has 0 aromatic rings. The summed E-state index contributed by atoms with van der Waals surface area (Å²) < 4.78 is 0. The summed E-state index contributed by atoms with van der Waals surface area (Å²) in [4.78, 5) is 11.6. The Morgan fingerprint density at radius 3 is 2.71 bits per heavy atom. The number of rotatable bonds is 3. The quantitative estimate of drug-likeness (QED) is 0.708. The van der Waals surface area contributed by atoms with Gasteiger partial charge in [0.15, 0.2) is 0 Å². The Labute approximate surface area is 85.4 Å². The van der Waals surface area contributed by atoms with Gasteiger partial charge >= 0.3 is 0 Å². The Hall–Kier alpha value is -0.570. The van der Waals surface area contributed by atoms with Crippen molar-refractivity contribution in [2.45, 2.75) is 45.1 Å². The molecular formula is C11H20N2O. The standard InChI is InChI=1S/C11H20N2O/c1-11(4-5-11)10(14)13-7-8-2-3-9(12)6-8/h8-9H,2-7,12H2,1H3,(H,13,14)/t8-,9+/m1/s1. The Morgan fingerprint density at radius 1 is 1.50 bits per heavy atom. The van der Waals surface area contributed by atoms with Crippen LogP contribution in [0.25, 0.3) is 0 Å². The van der Waals surface area contributed by atoms with E-state index in [0.29, 0.717) is 12.0 Å². The Morgan fingerprint density at radius 2 is 2.21 bits per heavy atom. The van der Waals surface area contributed by atoms with Crippen LogP contribution in [-0.2, 0) is 4.79 Å². The molecule has 2 saturated carbocycles. The van der Waals surface area contributed by atoms with Crippen LogP contribution in [0.5, 0.6) is 0 Å². The highest BCUT2D eigenvalue weighted by atomic mass is 16.2. The molecule has 1 amide bonds. The van der Waals surface area contributed by atoms with Crippen molar-refractivity contribution in [1.82, 2.24) is 5.32 Å². The highest BCUT2D eigenvalue weighted by Crippen LogP contribution is 2.45. The van der Waals surface area contributed by atoms with Crippen LogP contribution < -0.4 is 11.1 Å². The third kappa shape index (κ3) is 2.08. The lowest BCUT2D eigenvalue weighted by Crippen LogP contribution is -2.34. The number of nitrogens with one attached hydrogen (secondary N) is 1. The summed E-state index contributed by atoms with van der Waals surface area (Å²) in [6.45, 7) is 2.88. The molecular weight excluding hydrogens is 176 g/mol. The summed E-state index contributed by atoms with van der Waals surface area (Å²) >= 11 is 0. The van der Waals surface area contributed by atoms with Crippen molar-refractivity contribution in [3.63, 3.8) is 0 Å². The SMILES string of the molecule is CC1(C(=O)NC[C@@H]2CC[C@H](N)C2)CC1. The molecule has 0 unspecified atom stereocenters. The van der Waals surface area contributed by atoms with Gasteiger partial charge in [-0.2, -0.15) is 0 Å². The van der Waals surface area contributed by atoms with Crippen molar-refractivity contribution in [3.05, 3.63) is 0 Å². The van der Waals surface area contributed by atoms with Crippen molar-refractivity contribution < 1.29 is 4.79 Å². The van der Waals surface area contributed by atoms with Gasteiger partial charge in [0.25, 0.3) is 0 Å². The molecule has 0 aromatic heterocycles. The maximum atomic E-state index is 11.6. The topological polar surface area (TPSA) is 55.1 Å². The van der Waals surface area contributed by atoms with Gasteiger partial charge in [0.05, 0.1) is 0 Å². The minimum Gasteiger partial charge on any atom is -0.355 e. The van der Waals surface area contributed by atoms with Crippen LogP contribution in [0.4, 0.5) is 0 Å². The molecule has 2 atom stereocenters. The highest BCUT2D eigenvalue weighted by Gasteiger charge is 2.44. The third-order valence-electron chi connectivity index (χ3n) is 3.68. The van der Waals surface area contributed by atoms with Crippen LogP contribution in [0.15, 0.2) is 0 Å². The maximum Gasteiger partial charge on any atom is 0.225 e. The van der Waals surface area contributed by atoms with E-state index in [-0.39, 0.29) is 11.3 Å². The molecule has 80 valence electrons. The summed E-state index contributed by atoms with van der Waals surface area (Å²) in [5, 5.41) is 3.05. The first-order valence-corrected chi connectivity index (χ1v) is 5.64. The van der Waals surface area contributed by atoms with E-state index < -0.39 is 0 Å². The summed E-state index contributed by atoms with van der Waals surface area (Å²) in [6, 6.07) is 0.369. The Bertz CT molecular complexity index is 235. The van der Waals surface area contributed by atoms with Gasteiger partial charge in [0.2, 0.25) is 5.91 Å². The fourth-order valence-electron chi connectivity index (χ4n) is 2.16. The first-order chi connectivity index (χ1) is 6.60. The average molecular weight is 196 g/mol. The zero-order valence-corrected chi connectivity index (χ0v) is 8.88. The maximum absolute atomic E-state index is 11.6. The second-order valence-corrected chi connectivity index (χ2v) is 5.21. The zero-order valence-electron chi connectivity index (χ0n) is 8.88. The van der Waals surface area contributed by atoms with E-state index in [1.165, 1.54) is 6.42 Å². The molecule has 0 saturated heterocycles. The fraction of sp³-hybridized carbons (Fsp3) is 0.909. The van der Waals surface area contributed by atoms with E-state index in [1.807, 2.05) is 6.92 Å². The van der Waals surface area contributed by atoms with Crippen molar-refractivity contribution in [2.24, 2.45) is 17.1 Å². The van der Waals surface area contributed by atoms with E-state index in [2.05, 4.69) is 5.32 Å². The smallest absolute Gasteiger partial charge is 0.225 e. The van der Waals surface area contributed by atoms with Gasteiger partial charge in [-0.1, -0.05) is 6.92 Å². The molecule has 14 heavy (non-hydrogen) atoms. The van der Waals surface area contributed by atoms with Gasteiger partial charge in [-0.25, -0.2) is 0 Å². The van der Waals surface area contributed by atoms with Gasteiger partial charge in [-0.05, 0) is 38.0 Å². The summed E-state index contributed by atoms with van der Waals surface area (Å²) in [5.41, 5.74) is 5.79. The van der Waals surface area contributed by atoms with Crippen LogP contribution in [0, 0.1) is 11.3 Å². The lowest BCUT2D eigenvalue weighted by Gasteiger charge is -2.13. The van der Waals surface area contributed by atoms with E-state index in [9.17, 15) is 4.79 Å². The van der Waals surface area contributed by atoms with Crippen LogP contribution in [-0.4, -0.2) is 18.5 Å². The van der Waals surface area contributed by atoms with Crippen LogP contribution in [0.1, 0.15) is 39.0 Å². The van der Waals surface area contributed by atoms with E-state index >= 15 is 0 Å². The molecule has 2 rings (SSSR count). The zero-order chi connectivity index (χ0) is 10.2. The molecule has 3 heteroatoms. The molecule has 0 bridgehead atoms. The predicted molar refractivity (Wildman–Crippen MR) is 55.7 cm³/mol. The Kier molecular flexibility index (Phi) is 2.52. The van der Waals surface area contributed by atoms with Crippen molar-refractivity contribution >= 4 is 5.91 Å². The largest absolute Gasteiger partial charge is 0.355 e. The minimum absolute atomic E-state index is 0.0271. The summed E-state index contributed by atoms with van der Waals surface area (Å²) in [6.07, 6.45) is 5.50. The second kappa shape index (κ2) is 3.54. The molecule has 3 nitrogen and oxygen atoms in total. The molecule has 2 fully saturated rings. The fourth-order valence-corrected chi connectivity index (χ4v) is 2.16. The normalized spacial score (nSPS) is 34.1. The first kappa shape index (κ1) is 9.97. The lowest BCUT2D eigenvalue weighted by atomic mass is 10.1. The van der Waals surface area contributed by atoms with Gasteiger partial charge in [0.1, 0.15) is 0 Å². The molecule has 0 spiro atoms. The molecule has 0 aliphatic heterocycles. The first-order valence-electron chi connectivity index (χ1n) is 5.64. The average Bonchev–Trinajstić information content (AvgIpc) is 2.76.